The molecular formula is C12H12OS. The van der Waals surface area contributed by atoms with Crippen LogP contribution in [0.5, 0.6) is 0 Å². The molecule has 1 aromatic heterocycles. The smallest absolute Gasteiger partial charge is 0.150 e. The summed E-state index contributed by atoms with van der Waals surface area (Å²) in [5.41, 5.74) is 3.30. The molecule has 0 radical (unpaired) electrons. The molecule has 0 aliphatic rings. The summed E-state index contributed by atoms with van der Waals surface area (Å²) in [6.45, 7) is 4.19. The van der Waals surface area contributed by atoms with Crippen molar-refractivity contribution in [2.75, 3.05) is 0 Å². The lowest BCUT2D eigenvalue weighted by atomic mass is 9.99. The molecule has 0 bridgehead atoms. The molecule has 0 aliphatic heterocycles. The summed E-state index contributed by atoms with van der Waals surface area (Å²) < 4.78 is 1.24. The molecule has 0 fully saturated rings. The maximum Gasteiger partial charge on any atom is 0.150 e. The second-order valence-corrected chi connectivity index (χ2v) is 4.32. The van der Waals surface area contributed by atoms with Gasteiger partial charge in [0.2, 0.25) is 0 Å². The van der Waals surface area contributed by atoms with Crippen molar-refractivity contribution in [3.05, 3.63) is 34.2 Å². The lowest BCUT2D eigenvalue weighted by Gasteiger charge is -2.05. The summed E-state index contributed by atoms with van der Waals surface area (Å²) in [4.78, 5) is 11.0. The van der Waals surface area contributed by atoms with Gasteiger partial charge in [-0.2, -0.15) is 0 Å². The van der Waals surface area contributed by atoms with Gasteiger partial charge in [-0.05, 0) is 35.9 Å². The fraction of sp³-hybridized carbons (Fsp3) is 0.250. The van der Waals surface area contributed by atoms with Crippen molar-refractivity contribution in [3.63, 3.8) is 0 Å². The van der Waals surface area contributed by atoms with Crippen LogP contribution in [0.3, 0.4) is 0 Å². The number of rotatable bonds is 2. The molecule has 1 aromatic carbocycles. The van der Waals surface area contributed by atoms with Gasteiger partial charge in [0.15, 0.2) is 6.29 Å². The molecule has 2 rings (SSSR count). The largest absolute Gasteiger partial charge is 0.298 e. The monoisotopic (exact) mass is 204 g/mol. The maximum absolute atomic E-state index is 11.0. The Morgan fingerprint density at radius 3 is 2.93 bits per heavy atom. The normalized spacial score (nSPS) is 10.7. The van der Waals surface area contributed by atoms with Crippen molar-refractivity contribution >= 4 is 27.7 Å². The minimum Gasteiger partial charge on any atom is -0.298 e. The first kappa shape index (κ1) is 9.41. The van der Waals surface area contributed by atoms with E-state index in [9.17, 15) is 4.79 Å². The summed E-state index contributed by atoms with van der Waals surface area (Å²) in [5, 5.41) is 3.16. The average Bonchev–Trinajstić information content (AvgIpc) is 2.66. The Bertz CT molecular complexity index is 482. The van der Waals surface area contributed by atoms with Crippen LogP contribution >= 0.6 is 11.3 Å². The highest BCUT2D eigenvalue weighted by Gasteiger charge is 2.08. The molecule has 0 saturated heterocycles. The van der Waals surface area contributed by atoms with Gasteiger partial charge in [-0.3, -0.25) is 4.79 Å². The van der Waals surface area contributed by atoms with Gasteiger partial charge in [0.05, 0.1) is 0 Å². The fourth-order valence-corrected chi connectivity index (χ4v) is 2.73. The SMILES string of the molecule is CCc1cc(C)c2sccc2c1C=O. The first-order valence-electron chi connectivity index (χ1n) is 4.72. The summed E-state index contributed by atoms with van der Waals surface area (Å²) >= 11 is 1.70. The number of benzene rings is 1. The standard InChI is InChI=1S/C12H12OS/c1-3-9-6-8(2)12-10(4-5-14-12)11(9)7-13/h4-7H,3H2,1-2H3. The van der Waals surface area contributed by atoms with Crippen molar-refractivity contribution in [2.45, 2.75) is 20.3 Å². The van der Waals surface area contributed by atoms with E-state index in [-0.39, 0.29) is 0 Å². The van der Waals surface area contributed by atoms with E-state index in [2.05, 4.69) is 19.9 Å². The van der Waals surface area contributed by atoms with Crippen molar-refractivity contribution in [1.82, 2.24) is 0 Å². The van der Waals surface area contributed by atoms with Crippen molar-refractivity contribution < 1.29 is 4.79 Å². The maximum atomic E-state index is 11.0. The van der Waals surface area contributed by atoms with Crippen LogP contribution in [-0.4, -0.2) is 6.29 Å². The van der Waals surface area contributed by atoms with Gasteiger partial charge < -0.3 is 0 Å². The summed E-state index contributed by atoms with van der Waals surface area (Å²) in [6, 6.07) is 4.17. The zero-order chi connectivity index (χ0) is 10.1. The number of hydrogen-bond donors (Lipinski definition) is 0. The second kappa shape index (κ2) is 3.54. The van der Waals surface area contributed by atoms with Crippen LogP contribution in [-0.2, 0) is 6.42 Å². The number of thiophene rings is 1. The summed E-state index contributed by atoms with van der Waals surface area (Å²) in [5.74, 6) is 0. The Labute approximate surface area is 87.4 Å². The van der Waals surface area contributed by atoms with Crippen LogP contribution in [0.4, 0.5) is 0 Å². The Morgan fingerprint density at radius 1 is 1.50 bits per heavy atom. The van der Waals surface area contributed by atoms with Crippen LogP contribution < -0.4 is 0 Å². The van der Waals surface area contributed by atoms with Crippen molar-refractivity contribution in [2.24, 2.45) is 0 Å². The number of carbonyl (C=O) groups is 1. The second-order valence-electron chi connectivity index (χ2n) is 3.40. The number of carbonyl (C=O) groups excluding carboxylic acids is 1. The van der Waals surface area contributed by atoms with Gasteiger partial charge in [-0.1, -0.05) is 13.0 Å². The van der Waals surface area contributed by atoms with Crippen LogP contribution in [0.25, 0.3) is 10.1 Å². The molecule has 2 heteroatoms. The highest BCUT2D eigenvalue weighted by atomic mass is 32.1. The molecule has 14 heavy (non-hydrogen) atoms. The number of fused-ring (bicyclic) bond motifs is 1. The van der Waals surface area contributed by atoms with Gasteiger partial charge in [0.1, 0.15) is 0 Å². The molecule has 1 heterocycles. The average molecular weight is 204 g/mol. The lowest BCUT2D eigenvalue weighted by molar-refractivity contribution is 0.112. The number of hydrogen-bond acceptors (Lipinski definition) is 2. The van der Waals surface area contributed by atoms with E-state index in [1.54, 1.807) is 11.3 Å². The van der Waals surface area contributed by atoms with Crippen LogP contribution in [0.2, 0.25) is 0 Å². The van der Waals surface area contributed by atoms with E-state index in [1.807, 2.05) is 11.4 Å². The zero-order valence-corrected chi connectivity index (χ0v) is 9.15. The Kier molecular flexibility index (Phi) is 2.38. The molecular weight excluding hydrogens is 192 g/mol. The summed E-state index contributed by atoms with van der Waals surface area (Å²) in [7, 11) is 0. The van der Waals surface area contributed by atoms with Crippen molar-refractivity contribution in [3.8, 4) is 0 Å². The van der Waals surface area contributed by atoms with E-state index < -0.39 is 0 Å². The van der Waals surface area contributed by atoms with Gasteiger partial charge in [0, 0.05) is 15.6 Å². The molecule has 0 N–H and O–H groups in total. The zero-order valence-electron chi connectivity index (χ0n) is 8.33. The molecule has 2 aromatic rings. The van der Waals surface area contributed by atoms with E-state index >= 15 is 0 Å². The fourth-order valence-electron chi connectivity index (χ4n) is 1.84. The summed E-state index contributed by atoms with van der Waals surface area (Å²) in [6.07, 6.45) is 1.90. The lowest BCUT2D eigenvalue weighted by Crippen LogP contribution is -1.92. The molecule has 0 spiro atoms. The first-order chi connectivity index (χ1) is 6.77. The predicted molar refractivity (Wildman–Crippen MR) is 61.3 cm³/mol. The quantitative estimate of drug-likeness (QED) is 0.683. The predicted octanol–water partition coefficient (Wildman–Crippen LogP) is 3.58. The Hall–Kier alpha value is -1.15. The number of aryl methyl sites for hydroxylation is 2. The Balaban J connectivity index is 2.88. The molecule has 0 unspecified atom stereocenters. The van der Waals surface area contributed by atoms with E-state index in [4.69, 9.17) is 0 Å². The van der Waals surface area contributed by atoms with Crippen molar-refractivity contribution in [1.29, 1.82) is 0 Å². The third kappa shape index (κ3) is 1.26. The molecule has 0 amide bonds. The minimum absolute atomic E-state index is 0.870. The molecule has 72 valence electrons. The van der Waals surface area contributed by atoms with Crippen LogP contribution in [0, 0.1) is 6.92 Å². The highest BCUT2D eigenvalue weighted by Crippen LogP contribution is 2.29. The van der Waals surface area contributed by atoms with E-state index in [0.717, 1.165) is 29.2 Å². The van der Waals surface area contributed by atoms with Gasteiger partial charge in [-0.15, -0.1) is 11.3 Å². The van der Waals surface area contributed by atoms with E-state index in [1.165, 1.54) is 10.3 Å². The van der Waals surface area contributed by atoms with Gasteiger partial charge in [0.25, 0.3) is 0 Å². The van der Waals surface area contributed by atoms with E-state index in [0.29, 0.717) is 0 Å². The third-order valence-electron chi connectivity index (χ3n) is 2.55. The van der Waals surface area contributed by atoms with Crippen LogP contribution in [0.15, 0.2) is 17.5 Å². The molecule has 0 atom stereocenters. The van der Waals surface area contributed by atoms with Gasteiger partial charge >= 0.3 is 0 Å². The third-order valence-corrected chi connectivity index (χ3v) is 3.60. The minimum atomic E-state index is 0.870. The topological polar surface area (TPSA) is 17.1 Å². The first-order valence-corrected chi connectivity index (χ1v) is 5.60. The Morgan fingerprint density at radius 2 is 2.29 bits per heavy atom. The molecule has 0 saturated carbocycles. The van der Waals surface area contributed by atoms with Crippen LogP contribution in [0.1, 0.15) is 28.4 Å². The number of aldehydes is 1. The highest BCUT2D eigenvalue weighted by molar-refractivity contribution is 7.17. The molecule has 0 aliphatic carbocycles. The van der Waals surface area contributed by atoms with Gasteiger partial charge in [-0.25, -0.2) is 0 Å². The molecule has 1 nitrogen and oxygen atoms in total.